The molecule has 170 valence electrons. The lowest BCUT2D eigenvalue weighted by Crippen LogP contribution is -2.41. The summed E-state index contributed by atoms with van der Waals surface area (Å²) in [5, 5.41) is 0. The molecule has 2 heteroatoms. The van der Waals surface area contributed by atoms with E-state index in [1.165, 1.54) is 121 Å². The van der Waals surface area contributed by atoms with Gasteiger partial charge in [0.1, 0.15) is 12.4 Å². The van der Waals surface area contributed by atoms with Crippen LogP contribution in [0.4, 0.5) is 0 Å². The molecule has 1 N–H and O–H groups in total. The molecule has 0 spiro atoms. The third kappa shape index (κ3) is 11.8. The van der Waals surface area contributed by atoms with Crippen molar-refractivity contribution < 1.29 is 4.57 Å². The molecule has 1 rings (SSSR count). The van der Waals surface area contributed by atoms with Gasteiger partial charge in [0.2, 0.25) is 0 Å². The van der Waals surface area contributed by atoms with Crippen LogP contribution in [0, 0.1) is 0 Å². The van der Waals surface area contributed by atoms with Gasteiger partial charge in [-0.25, -0.2) is 9.55 Å². The molecule has 0 saturated heterocycles. The predicted octanol–water partition coefficient (Wildman–Crippen LogP) is 9.03. The molecule has 1 aromatic heterocycles. The lowest BCUT2D eigenvalue weighted by atomic mass is 9.93. The Morgan fingerprint density at radius 1 is 0.655 bits per heavy atom. The third-order valence-corrected chi connectivity index (χ3v) is 6.64. The van der Waals surface area contributed by atoms with Gasteiger partial charge in [0.05, 0.1) is 12.0 Å². The van der Waals surface area contributed by atoms with E-state index in [1.807, 2.05) is 0 Å². The maximum atomic E-state index is 3.64. The maximum absolute atomic E-state index is 3.64. The van der Waals surface area contributed by atoms with E-state index in [-0.39, 0.29) is 0 Å². The van der Waals surface area contributed by atoms with E-state index < -0.39 is 0 Å². The van der Waals surface area contributed by atoms with Gasteiger partial charge < -0.3 is 0 Å². The molecule has 0 fully saturated rings. The summed E-state index contributed by atoms with van der Waals surface area (Å²) in [6.45, 7) is 9.35. The van der Waals surface area contributed by atoms with E-state index >= 15 is 0 Å². The van der Waals surface area contributed by atoms with Crippen molar-refractivity contribution in [2.24, 2.45) is 0 Å². The number of imidazole rings is 1. The number of aromatic nitrogens is 2. The molecule has 0 radical (unpaired) electrons. The van der Waals surface area contributed by atoms with Gasteiger partial charge in [-0.3, -0.25) is 0 Å². The normalized spacial score (nSPS) is 12.7. The first-order valence-electron chi connectivity index (χ1n) is 13.3. The lowest BCUT2D eigenvalue weighted by molar-refractivity contribution is -0.727. The zero-order valence-corrected chi connectivity index (χ0v) is 20.5. The van der Waals surface area contributed by atoms with E-state index in [0.29, 0.717) is 12.0 Å². The van der Waals surface area contributed by atoms with Gasteiger partial charge in [0.25, 0.3) is 5.82 Å². The average molecular weight is 406 g/mol. The topological polar surface area (TPSA) is 19.7 Å². The highest BCUT2D eigenvalue weighted by Gasteiger charge is 2.25. The van der Waals surface area contributed by atoms with Crippen LogP contribution in [0.15, 0.2) is 12.4 Å². The fraction of sp³-hybridized carbons (Fsp3) is 0.889. The Bertz CT molecular complexity index is 455. The summed E-state index contributed by atoms with van der Waals surface area (Å²) in [6, 6.07) is 0.626. The summed E-state index contributed by atoms with van der Waals surface area (Å²) >= 11 is 0. The lowest BCUT2D eigenvalue weighted by Gasteiger charge is -2.17. The predicted molar refractivity (Wildman–Crippen MR) is 129 cm³/mol. The maximum Gasteiger partial charge on any atom is 0.257 e. The Hall–Kier alpha value is -0.790. The number of rotatable bonds is 20. The van der Waals surface area contributed by atoms with Gasteiger partial charge in [0, 0.05) is 0 Å². The van der Waals surface area contributed by atoms with Crippen molar-refractivity contribution >= 4 is 0 Å². The summed E-state index contributed by atoms with van der Waals surface area (Å²) in [5.74, 6) is 2.22. The first kappa shape index (κ1) is 26.2. The van der Waals surface area contributed by atoms with Gasteiger partial charge in [0.15, 0.2) is 0 Å². The molecule has 1 heterocycles. The Labute approximate surface area is 183 Å². The molecule has 1 unspecified atom stereocenters. The molecule has 1 aromatic rings. The van der Waals surface area contributed by atoms with Gasteiger partial charge in [-0.15, -0.1) is 0 Å². The standard InChI is InChI=1S/C27H52N2/c1-5-8-11-12-13-14-15-16-19-20-25(4)29-24-23-28-27(29)26(21-17-9-6-2)22-18-10-7-3/h23-26H,5-22H2,1-4H3/p+1. The van der Waals surface area contributed by atoms with Crippen molar-refractivity contribution in [1.29, 1.82) is 0 Å². The molecular formula is C27H53N2+. The summed E-state index contributed by atoms with van der Waals surface area (Å²) < 4.78 is 2.58. The average Bonchev–Trinajstić information content (AvgIpc) is 3.21. The molecule has 0 aliphatic carbocycles. The van der Waals surface area contributed by atoms with Crippen molar-refractivity contribution in [3.8, 4) is 0 Å². The van der Waals surface area contributed by atoms with Crippen LogP contribution in [0.5, 0.6) is 0 Å². The Balaban J connectivity index is 2.40. The number of aromatic amines is 1. The second-order valence-electron chi connectivity index (χ2n) is 9.41. The quantitative estimate of drug-likeness (QED) is 0.165. The van der Waals surface area contributed by atoms with Crippen molar-refractivity contribution in [3.63, 3.8) is 0 Å². The zero-order chi connectivity index (χ0) is 21.2. The number of nitrogens with zero attached hydrogens (tertiary/aromatic N) is 1. The summed E-state index contributed by atoms with van der Waals surface area (Å²) in [7, 11) is 0. The van der Waals surface area contributed by atoms with Crippen molar-refractivity contribution in [2.45, 2.75) is 155 Å². The van der Waals surface area contributed by atoms with Crippen LogP contribution in [0.3, 0.4) is 0 Å². The van der Waals surface area contributed by atoms with Crippen LogP contribution in [0.1, 0.15) is 161 Å². The highest BCUT2D eigenvalue weighted by molar-refractivity contribution is 4.90. The zero-order valence-electron chi connectivity index (χ0n) is 20.5. The summed E-state index contributed by atoms with van der Waals surface area (Å²) in [4.78, 5) is 3.64. The van der Waals surface area contributed by atoms with Crippen LogP contribution in [-0.2, 0) is 0 Å². The number of unbranched alkanes of at least 4 members (excludes halogenated alkanes) is 12. The minimum Gasteiger partial charge on any atom is -0.247 e. The monoisotopic (exact) mass is 405 g/mol. The van der Waals surface area contributed by atoms with Gasteiger partial charge in [-0.2, -0.15) is 0 Å². The molecule has 0 aromatic carbocycles. The first-order valence-corrected chi connectivity index (χ1v) is 13.3. The number of nitrogens with one attached hydrogen (secondary N) is 1. The number of H-pyrrole nitrogens is 1. The minimum absolute atomic E-state index is 0.626. The molecule has 29 heavy (non-hydrogen) atoms. The summed E-state index contributed by atoms with van der Waals surface area (Å²) in [5.41, 5.74) is 0. The van der Waals surface area contributed by atoms with E-state index in [0.717, 1.165) is 0 Å². The fourth-order valence-corrected chi connectivity index (χ4v) is 4.66. The molecule has 0 saturated carbocycles. The second kappa shape index (κ2) is 18.0. The van der Waals surface area contributed by atoms with E-state index in [9.17, 15) is 0 Å². The Kier molecular flexibility index (Phi) is 16.3. The second-order valence-corrected chi connectivity index (χ2v) is 9.41. The highest BCUT2D eigenvalue weighted by atomic mass is 15.1. The summed E-state index contributed by atoms with van der Waals surface area (Å²) in [6.07, 6.45) is 29.4. The number of hydrogen-bond donors (Lipinski definition) is 1. The first-order chi connectivity index (χ1) is 14.2. The molecule has 0 bridgehead atoms. The van der Waals surface area contributed by atoms with E-state index in [4.69, 9.17) is 0 Å². The van der Waals surface area contributed by atoms with Crippen LogP contribution < -0.4 is 4.57 Å². The van der Waals surface area contributed by atoms with Crippen LogP contribution >= 0.6 is 0 Å². The van der Waals surface area contributed by atoms with Crippen molar-refractivity contribution in [1.82, 2.24) is 4.98 Å². The van der Waals surface area contributed by atoms with E-state index in [2.05, 4.69) is 49.6 Å². The Morgan fingerprint density at radius 2 is 1.10 bits per heavy atom. The molecule has 2 nitrogen and oxygen atoms in total. The van der Waals surface area contributed by atoms with E-state index in [1.54, 1.807) is 0 Å². The van der Waals surface area contributed by atoms with Gasteiger partial charge in [-0.1, -0.05) is 111 Å². The number of hydrogen-bond acceptors (Lipinski definition) is 0. The minimum atomic E-state index is 0.626. The molecule has 1 atom stereocenters. The highest BCUT2D eigenvalue weighted by Crippen LogP contribution is 2.26. The van der Waals surface area contributed by atoms with Gasteiger partial charge in [-0.05, 0) is 32.6 Å². The Morgan fingerprint density at radius 3 is 1.66 bits per heavy atom. The molecule has 0 aliphatic heterocycles. The SMILES string of the molecule is CCCCCCCCCCCC(C)[n+]1cc[nH]c1C(CCCCC)CCCCC. The van der Waals surface area contributed by atoms with Crippen molar-refractivity contribution in [2.75, 3.05) is 0 Å². The molecular weight excluding hydrogens is 352 g/mol. The van der Waals surface area contributed by atoms with Crippen molar-refractivity contribution in [3.05, 3.63) is 18.2 Å². The third-order valence-electron chi connectivity index (χ3n) is 6.64. The van der Waals surface area contributed by atoms with Crippen LogP contribution in [0.25, 0.3) is 0 Å². The van der Waals surface area contributed by atoms with Crippen LogP contribution in [-0.4, -0.2) is 4.98 Å². The largest absolute Gasteiger partial charge is 0.257 e. The molecule has 0 aliphatic rings. The van der Waals surface area contributed by atoms with Crippen LogP contribution in [0.2, 0.25) is 0 Å². The fourth-order valence-electron chi connectivity index (χ4n) is 4.66. The molecule has 0 amide bonds. The van der Waals surface area contributed by atoms with Gasteiger partial charge >= 0.3 is 0 Å². The smallest absolute Gasteiger partial charge is 0.247 e.